The van der Waals surface area contributed by atoms with Crippen LogP contribution in [0.15, 0.2) is 6.07 Å². The van der Waals surface area contributed by atoms with Crippen LogP contribution >= 0.6 is 0 Å². The van der Waals surface area contributed by atoms with Crippen molar-refractivity contribution in [2.75, 3.05) is 0 Å². The van der Waals surface area contributed by atoms with Crippen molar-refractivity contribution in [3.8, 4) is 0 Å². The summed E-state index contributed by atoms with van der Waals surface area (Å²) in [6.07, 6.45) is -2.70. The minimum atomic E-state index is -4.44. The Morgan fingerprint density at radius 1 is 1.53 bits per heavy atom. The van der Waals surface area contributed by atoms with E-state index in [4.69, 9.17) is 5.73 Å². The normalized spacial score (nSPS) is 16.2. The third-order valence-corrected chi connectivity index (χ3v) is 2.67. The first-order valence-corrected chi connectivity index (χ1v) is 5.31. The fourth-order valence-electron chi connectivity index (χ4n) is 1.67. The van der Waals surface area contributed by atoms with Crippen LogP contribution in [0.1, 0.15) is 36.6 Å². The summed E-state index contributed by atoms with van der Waals surface area (Å²) in [6, 6.07) is 1.07. The number of halogens is 3. The van der Waals surface area contributed by atoms with Crippen LogP contribution in [0.2, 0.25) is 0 Å². The van der Waals surface area contributed by atoms with Gasteiger partial charge < -0.3 is 5.73 Å². The van der Waals surface area contributed by atoms with Crippen molar-refractivity contribution in [2.24, 2.45) is 5.73 Å². The predicted octanol–water partition coefficient (Wildman–Crippen LogP) is 1.65. The molecule has 0 aliphatic heterocycles. The van der Waals surface area contributed by atoms with E-state index in [9.17, 15) is 18.0 Å². The van der Waals surface area contributed by atoms with E-state index >= 15 is 0 Å². The van der Waals surface area contributed by atoms with Gasteiger partial charge in [-0.1, -0.05) is 0 Å². The lowest BCUT2D eigenvalue weighted by Gasteiger charge is -2.04. The number of aromatic nitrogens is 2. The number of hydrogen-bond acceptors (Lipinski definition) is 2. The van der Waals surface area contributed by atoms with Gasteiger partial charge in [0.15, 0.2) is 5.69 Å². The van der Waals surface area contributed by atoms with Gasteiger partial charge >= 0.3 is 6.18 Å². The number of nitrogens with zero attached hydrogens (tertiary/aromatic N) is 2. The van der Waals surface area contributed by atoms with Gasteiger partial charge in [-0.25, -0.2) is 0 Å². The number of rotatable bonds is 4. The highest BCUT2D eigenvalue weighted by atomic mass is 19.4. The smallest absolute Gasteiger partial charge is 0.370 e. The van der Waals surface area contributed by atoms with Crippen molar-refractivity contribution in [1.29, 1.82) is 0 Å². The van der Waals surface area contributed by atoms with Gasteiger partial charge in [0.2, 0.25) is 5.91 Å². The molecule has 1 aliphatic carbocycles. The maximum absolute atomic E-state index is 12.5. The number of alkyl halides is 3. The summed E-state index contributed by atoms with van der Waals surface area (Å²) in [6.45, 7) is 0.108. The Morgan fingerprint density at radius 2 is 2.18 bits per heavy atom. The summed E-state index contributed by atoms with van der Waals surface area (Å²) in [4.78, 5) is 10.6. The molecule has 4 nitrogen and oxygen atoms in total. The zero-order valence-corrected chi connectivity index (χ0v) is 9.00. The molecule has 1 heterocycles. The highest BCUT2D eigenvalue weighted by Crippen LogP contribution is 2.42. The zero-order chi connectivity index (χ0) is 12.6. The van der Waals surface area contributed by atoms with E-state index in [0.717, 1.165) is 18.9 Å². The summed E-state index contributed by atoms with van der Waals surface area (Å²) in [5.74, 6) is -0.401. The van der Waals surface area contributed by atoms with Gasteiger partial charge in [0.25, 0.3) is 0 Å². The number of amides is 1. The number of aryl methyl sites for hydroxylation is 1. The third-order valence-electron chi connectivity index (χ3n) is 2.67. The van der Waals surface area contributed by atoms with Crippen LogP contribution in [0, 0.1) is 0 Å². The molecule has 1 aliphatic rings. The molecule has 7 heteroatoms. The monoisotopic (exact) mass is 247 g/mol. The van der Waals surface area contributed by atoms with Crippen LogP contribution in [0.5, 0.6) is 0 Å². The second-order valence-corrected chi connectivity index (χ2v) is 4.17. The Hall–Kier alpha value is -1.53. The fraction of sp³-hybridized carbons (Fsp3) is 0.600. The minimum Gasteiger partial charge on any atom is -0.370 e. The lowest BCUT2D eigenvalue weighted by molar-refractivity contribution is -0.141. The number of nitrogens with two attached hydrogens (primary N) is 1. The second kappa shape index (κ2) is 4.05. The van der Waals surface area contributed by atoms with Gasteiger partial charge in [-0.15, -0.1) is 0 Å². The molecule has 17 heavy (non-hydrogen) atoms. The highest BCUT2D eigenvalue weighted by molar-refractivity contribution is 5.73. The lowest BCUT2D eigenvalue weighted by atomic mass is 10.2. The molecule has 0 atom stereocenters. The summed E-state index contributed by atoms with van der Waals surface area (Å²) in [5.41, 5.74) is 4.63. The van der Waals surface area contributed by atoms with Gasteiger partial charge in [-0.2, -0.15) is 18.3 Å². The van der Waals surface area contributed by atoms with Gasteiger partial charge in [-0.3, -0.25) is 9.48 Å². The van der Waals surface area contributed by atoms with Crippen molar-refractivity contribution in [3.63, 3.8) is 0 Å². The molecule has 94 valence electrons. The van der Waals surface area contributed by atoms with E-state index < -0.39 is 17.8 Å². The largest absolute Gasteiger partial charge is 0.435 e. The molecule has 0 bridgehead atoms. The summed E-state index contributed by atoms with van der Waals surface area (Å²) in [5, 5.41) is 3.50. The van der Waals surface area contributed by atoms with E-state index in [0.29, 0.717) is 5.69 Å². The highest BCUT2D eigenvalue weighted by Gasteiger charge is 2.37. The van der Waals surface area contributed by atoms with Crippen LogP contribution < -0.4 is 5.73 Å². The van der Waals surface area contributed by atoms with Crippen molar-refractivity contribution >= 4 is 5.91 Å². The Balaban J connectivity index is 2.22. The van der Waals surface area contributed by atoms with Crippen molar-refractivity contribution < 1.29 is 18.0 Å². The quantitative estimate of drug-likeness (QED) is 0.879. The van der Waals surface area contributed by atoms with E-state index in [2.05, 4.69) is 5.10 Å². The number of carbonyl (C=O) groups is 1. The maximum Gasteiger partial charge on any atom is 0.435 e. The van der Waals surface area contributed by atoms with E-state index in [1.807, 2.05) is 0 Å². The average Bonchev–Trinajstić information content (AvgIpc) is 2.93. The van der Waals surface area contributed by atoms with Crippen LogP contribution in [0.4, 0.5) is 13.2 Å². The molecule has 1 saturated carbocycles. The Morgan fingerprint density at radius 3 is 2.65 bits per heavy atom. The molecule has 0 unspecified atom stereocenters. The molecule has 1 amide bonds. The van der Waals surface area contributed by atoms with Crippen molar-refractivity contribution in [1.82, 2.24) is 9.78 Å². The van der Waals surface area contributed by atoms with Gasteiger partial charge in [0.05, 0.1) is 0 Å². The maximum atomic E-state index is 12.5. The predicted molar refractivity (Wildman–Crippen MR) is 53.0 cm³/mol. The lowest BCUT2D eigenvalue weighted by Crippen LogP contribution is -2.16. The number of hydrogen-bond donors (Lipinski definition) is 1. The summed E-state index contributed by atoms with van der Waals surface area (Å²) < 4.78 is 38.7. The Bertz CT molecular complexity index is 434. The standard InChI is InChI=1S/C10H12F3N3O/c11-10(12,13)8-5-7(6-1-2-6)16(15-8)4-3-9(14)17/h5-6H,1-4H2,(H2,14,17). The molecule has 1 fully saturated rings. The fourth-order valence-corrected chi connectivity index (χ4v) is 1.67. The number of carbonyl (C=O) groups excluding carboxylic acids is 1. The van der Waals surface area contributed by atoms with Crippen LogP contribution in [0.25, 0.3) is 0 Å². The molecule has 0 radical (unpaired) electrons. The van der Waals surface area contributed by atoms with E-state index in [1.54, 1.807) is 0 Å². The first-order chi connectivity index (χ1) is 7.88. The van der Waals surface area contributed by atoms with Crippen LogP contribution in [-0.2, 0) is 17.5 Å². The van der Waals surface area contributed by atoms with Crippen LogP contribution in [-0.4, -0.2) is 15.7 Å². The molecule has 0 spiro atoms. The molecule has 1 aromatic rings. The Labute approximate surface area is 95.6 Å². The van der Waals surface area contributed by atoms with Gasteiger partial charge in [0.1, 0.15) is 0 Å². The molecule has 2 rings (SSSR count). The Kier molecular flexibility index (Phi) is 2.84. The minimum absolute atomic E-state index is 0.00129. The molecule has 2 N–H and O–H groups in total. The van der Waals surface area contributed by atoms with Gasteiger partial charge in [-0.05, 0) is 18.9 Å². The SMILES string of the molecule is NC(=O)CCn1nc(C(F)(F)F)cc1C1CC1. The topological polar surface area (TPSA) is 60.9 Å². The summed E-state index contributed by atoms with van der Waals surface area (Å²) >= 11 is 0. The van der Waals surface area contributed by atoms with Crippen molar-refractivity contribution in [3.05, 3.63) is 17.5 Å². The van der Waals surface area contributed by atoms with Crippen molar-refractivity contribution in [2.45, 2.75) is 37.9 Å². The molecular weight excluding hydrogens is 235 g/mol. The average molecular weight is 247 g/mol. The molecule has 0 aromatic carbocycles. The van der Waals surface area contributed by atoms with Crippen LogP contribution in [0.3, 0.4) is 0 Å². The molecule has 0 saturated heterocycles. The van der Waals surface area contributed by atoms with E-state index in [-0.39, 0.29) is 18.9 Å². The molecule has 1 aromatic heterocycles. The molecular formula is C10H12F3N3O. The first-order valence-electron chi connectivity index (χ1n) is 5.31. The van der Waals surface area contributed by atoms with E-state index in [1.165, 1.54) is 4.68 Å². The number of primary amides is 1. The third kappa shape index (κ3) is 2.78. The summed E-state index contributed by atoms with van der Waals surface area (Å²) in [7, 11) is 0. The van der Waals surface area contributed by atoms with Gasteiger partial charge in [0, 0.05) is 24.6 Å². The zero-order valence-electron chi connectivity index (χ0n) is 9.00. The first kappa shape index (κ1) is 11.9. The second-order valence-electron chi connectivity index (χ2n) is 4.17.